The van der Waals surface area contributed by atoms with Crippen LogP contribution in [0.15, 0.2) is 10.5 Å². The zero-order chi connectivity index (χ0) is 12.3. The number of pyridine rings is 1. The predicted molar refractivity (Wildman–Crippen MR) is 54.8 cm³/mol. The Labute approximate surface area is 98.4 Å². The van der Waals surface area contributed by atoms with Gasteiger partial charge in [-0.1, -0.05) is 0 Å². The summed E-state index contributed by atoms with van der Waals surface area (Å²) in [6.07, 6.45) is -3.24. The van der Waals surface area contributed by atoms with E-state index in [-0.39, 0.29) is 11.4 Å². The minimum absolute atomic E-state index is 0.0450. The van der Waals surface area contributed by atoms with Crippen LogP contribution in [0.1, 0.15) is 17.8 Å². The lowest BCUT2D eigenvalue weighted by Gasteiger charge is -2.10. The van der Waals surface area contributed by atoms with Crippen molar-refractivity contribution in [3.63, 3.8) is 0 Å². The Kier molecular flexibility index (Phi) is 4.17. The molecule has 0 aliphatic carbocycles. The number of alkyl halides is 2. The molecule has 0 aliphatic rings. The number of hydrogen-bond acceptors (Lipinski definition) is 3. The summed E-state index contributed by atoms with van der Waals surface area (Å²) in [5, 5.41) is 8.57. The molecule has 1 heterocycles. The fourth-order valence-corrected chi connectivity index (χ4v) is 1.55. The highest BCUT2D eigenvalue weighted by molar-refractivity contribution is 9.10. The topological polar surface area (TPSA) is 59.4 Å². The summed E-state index contributed by atoms with van der Waals surface area (Å²) in [5.74, 6) is -1.21. The second-order valence-electron chi connectivity index (χ2n) is 2.88. The molecule has 0 aromatic carbocycles. The molecular weight excluding hydrogens is 288 g/mol. The molecule has 0 fully saturated rings. The molecule has 0 saturated heterocycles. The van der Waals surface area contributed by atoms with Gasteiger partial charge in [0.15, 0.2) is 0 Å². The van der Waals surface area contributed by atoms with E-state index in [0.29, 0.717) is 4.47 Å². The molecule has 4 nitrogen and oxygen atoms in total. The molecule has 1 rings (SSSR count). The molecule has 0 spiro atoms. The van der Waals surface area contributed by atoms with Crippen LogP contribution in [0.5, 0.6) is 5.75 Å². The highest BCUT2D eigenvalue weighted by atomic mass is 79.9. The van der Waals surface area contributed by atoms with E-state index in [1.54, 1.807) is 0 Å². The third-order valence-electron chi connectivity index (χ3n) is 1.79. The Morgan fingerprint density at radius 2 is 2.31 bits per heavy atom. The van der Waals surface area contributed by atoms with Gasteiger partial charge in [-0.3, -0.25) is 4.79 Å². The van der Waals surface area contributed by atoms with E-state index in [2.05, 4.69) is 20.9 Å². The van der Waals surface area contributed by atoms with Crippen LogP contribution in [0, 0.1) is 0 Å². The van der Waals surface area contributed by atoms with Crippen molar-refractivity contribution < 1.29 is 23.4 Å². The average molecular weight is 296 g/mol. The van der Waals surface area contributed by atoms with Crippen LogP contribution in [0.2, 0.25) is 0 Å². The van der Waals surface area contributed by atoms with E-state index >= 15 is 0 Å². The maximum atomic E-state index is 12.6. The van der Waals surface area contributed by atoms with Crippen molar-refractivity contribution in [1.29, 1.82) is 0 Å². The number of hydrogen-bond donors (Lipinski definition) is 1. The number of aliphatic carboxylic acids is 1. The third-order valence-corrected chi connectivity index (χ3v) is 2.47. The van der Waals surface area contributed by atoms with Gasteiger partial charge < -0.3 is 9.84 Å². The number of carboxylic acids is 1. The van der Waals surface area contributed by atoms with Gasteiger partial charge >= 0.3 is 5.97 Å². The Morgan fingerprint density at radius 1 is 1.69 bits per heavy atom. The molecule has 0 unspecified atom stereocenters. The third kappa shape index (κ3) is 2.88. The van der Waals surface area contributed by atoms with Crippen molar-refractivity contribution in [3.05, 3.63) is 21.9 Å². The molecule has 1 aromatic heterocycles. The van der Waals surface area contributed by atoms with Crippen LogP contribution in [0.25, 0.3) is 0 Å². The van der Waals surface area contributed by atoms with Gasteiger partial charge in [0.2, 0.25) is 0 Å². The number of halogens is 3. The normalized spacial score (nSPS) is 10.6. The molecule has 7 heteroatoms. The summed E-state index contributed by atoms with van der Waals surface area (Å²) in [7, 11) is 1.24. The van der Waals surface area contributed by atoms with E-state index in [0.717, 1.165) is 0 Å². The molecule has 0 atom stereocenters. The number of nitrogens with zero attached hydrogens (tertiary/aromatic N) is 1. The minimum atomic E-state index is -2.81. The number of carboxylic acid groups (broad SMARTS) is 1. The molecule has 1 aromatic rings. The highest BCUT2D eigenvalue weighted by Gasteiger charge is 2.19. The summed E-state index contributed by atoms with van der Waals surface area (Å²) >= 11 is 3.05. The Balaban J connectivity index is 3.21. The highest BCUT2D eigenvalue weighted by Crippen LogP contribution is 2.31. The average Bonchev–Trinajstić information content (AvgIpc) is 2.19. The van der Waals surface area contributed by atoms with Gasteiger partial charge in [-0.15, -0.1) is 0 Å². The van der Waals surface area contributed by atoms with Crippen LogP contribution in [-0.2, 0) is 11.2 Å². The lowest BCUT2D eigenvalue weighted by Crippen LogP contribution is -2.07. The number of methoxy groups -OCH3 is 1. The van der Waals surface area contributed by atoms with Gasteiger partial charge in [0, 0.05) is 4.47 Å². The van der Waals surface area contributed by atoms with Crippen molar-refractivity contribution in [2.45, 2.75) is 12.8 Å². The molecular formula is C9H8BrF2NO3. The molecule has 0 saturated carbocycles. The SMILES string of the molecule is COc1cc(Br)c(CC(=O)O)nc1C(F)F. The fraction of sp³-hybridized carbons (Fsp3) is 0.333. The smallest absolute Gasteiger partial charge is 0.309 e. The maximum Gasteiger partial charge on any atom is 0.309 e. The number of aromatic nitrogens is 1. The zero-order valence-electron chi connectivity index (χ0n) is 8.21. The standard InChI is InChI=1S/C9H8BrF2NO3/c1-16-6-2-4(10)5(3-7(14)15)13-8(6)9(11)12/h2,9H,3H2,1H3,(H,14,15). The number of rotatable bonds is 4. The Bertz CT molecular complexity index is 412. The van der Waals surface area contributed by atoms with Crippen molar-refractivity contribution in [2.75, 3.05) is 7.11 Å². The van der Waals surface area contributed by atoms with Gasteiger partial charge in [-0.2, -0.15) is 0 Å². The first-order valence-corrected chi connectivity index (χ1v) is 4.98. The number of ether oxygens (including phenoxy) is 1. The molecule has 88 valence electrons. The summed E-state index contributed by atoms with van der Waals surface area (Å²) < 4.78 is 30.2. The monoisotopic (exact) mass is 295 g/mol. The summed E-state index contributed by atoms with van der Waals surface area (Å²) in [6, 6.07) is 1.28. The van der Waals surface area contributed by atoms with Crippen LogP contribution < -0.4 is 4.74 Å². The van der Waals surface area contributed by atoms with Gasteiger partial charge in [-0.05, 0) is 22.0 Å². The molecule has 16 heavy (non-hydrogen) atoms. The van der Waals surface area contributed by atoms with Crippen LogP contribution in [-0.4, -0.2) is 23.2 Å². The molecule has 0 aliphatic heterocycles. The quantitative estimate of drug-likeness (QED) is 0.927. The molecule has 0 radical (unpaired) electrons. The van der Waals surface area contributed by atoms with Gasteiger partial charge in [-0.25, -0.2) is 13.8 Å². The van der Waals surface area contributed by atoms with Gasteiger partial charge in [0.05, 0.1) is 19.2 Å². The first-order chi connectivity index (χ1) is 7.45. The Hall–Kier alpha value is -1.24. The first-order valence-electron chi connectivity index (χ1n) is 4.19. The van der Waals surface area contributed by atoms with E-state index in [4.69, 9.17) is 9.84 Å². The van der Waals surface area contributed by atoms with Crippen molar-refractivity contribution in [2.24, 2.45) is 0 Å². The molecule has 0 amide bonds. The number of carbonyl (C=O) groups is 1. The first kappa shape index (κ1) is 12.8. The van der Waals surface area contributed by atoms with E-state index in [1.165, 1.54) is 13.2 Å². The lowest BCUT2D eigenvalue weighted by atomic mass is 10.2. The fourth-order valence-electron chi connectivity index (χ4n) is 1.11. The van der Waals surface area contributed by atoms with Gasteiger partial charge in [0.1, 0.15) is 11.4 Å². The largest absolute Gasteiger partial charge is 0.495 e. The predicted octanol–water partition coefficient (Wildman–Crippen LogP) is 2.42. The van der Waals surface area contributed by atoms with Crippen LogP contribution in [0.3, 0.4) is 0 Å². The van der Waals surface area contributed by atoms with Crippen molar-refractivity contribution in [3.8, 4) is 5.75 Å². The van der Waals surface area contributed by atoms with Crippen molar-refractivity contribution in [1.82, 2.24) is 4.98 Å². The lowest BCUT2D eigenvalue weighted by molar-refractivity contribution is -0.136. The van der Waals surface area contributed by atoms with E-state index in [9.17, 15) is 13.6 Å². The zero-order valence-corrected chi connectivity index (χ0v) is 9.79. The minimum Gasteiger partial charge on any atom is -0.495 e. The van der Waals surface area contributed by atoms with Gasteiger partial charge in [0.25, 0.3) is 6.43 Å². The summed E-state index contributed by atoms with van der Waals surface area (Å²) in [5.41, 5.74) is -0.509. The maximum absolute atomic E-state index is 12.6. The molecule has 1 N–H and O–H groups in total. The van der Waals surface area contributed by atoms with E-state index in [1.807, 2.05) is 0 Å². The van der Waals surface area contributed by atoms with E-state index < -0.39 is 24.5 Å². The summed E-state index contributed by atoms with van der Waals surface area (Å²) in [6.45, 7) is 0. The molecule has 0 bridgehead atoms. The second kappa shape index (κ2) is 5.20. The Morgan fingerprint density at radius 3 is 2.75 bits per heavy atom. The van der Waals surface area contributed by atoms with Crippen LogP contribution >= 0.6 is 15.9 Å². The van der Waals surface area contributed by atoms with Crippen LogP contribution in [0.4, 0.5) is 8.78 Å². The van der Waals surface area contributed by atoms with Crippen molar-refractivity contribution >= 4 is 21.9 Å². The second-order valence-corrected chi connectivity index (χ2v) is 3.73. The summed E-state index contributed by atoms with van der Waals surface area (Å²) in [4.78, 5) is 14.1.